The summed E-state index contributed by atoms with van der Waals surface area (Å²) in [4.78, 5) is 16.7. The molecule has 26 heavy (non-hydrogen) atoms. The van der Waals surface area contributed by atoms with E-state index in [1.165, 1.54) is 0 Å². The van der Waals surface area contributed by atoms with E-state index in [0.29, 0.717) is 17.3 Å². The number of nitrogens with zero attached hydrogens (tertiary/aromatic N) is 2. The highest BCUT2D eigenvalue weighted by Gasteiger charge is 2.23. The lowest BCUT2D eigenvalue weighted by atomic mass is 10.0. The molecule has 1 aromatic carbocycles. The van der Waals surface area contributed by atoms with E-state index < -0.39 is 0 Å². The number of nitrogens with one attached hydrogen (secondary N) is 1. The van der Waals surface area contributed by atoms with Crippen molar-refractivity contribution in [3.8, 4) is 11.5 Å². The van der Waals surface area contributed by atoms with E-state index in [9.17, 15) is 4.79 Å². The summed E-state index contributed by atoms with van der Waals surface area (Å²) in [5.74, 6) is 1.65. The molecule has 2 aromatic heterocycles. The molecular formula is C20H21N3O3. The van der Waals surface area contributed by atoms with Crippen molar-refractivity contribution in [2.24, 2.45) is 0 Å². The molecule has 1 amide bonds. The maximum atomic E-state index is 12.6. The van der Waals surface area contributed by atoms with Crippen LogP contribution in [-0.4, -0.2) is 29.7 Å². The molecule has 2 heterocycles. The third-order valence-corrected chi connectivity index (χ3v) is 4.09. The number of hydrogen-bond donors (Lipinski definition) is 1. The Morgan fingerprint density at radius 2 is 1.88 bits per heavy atom. The van der Waals surface area contributed by atoms with Crippen molar-refractivity contribution >= 4 is 11.7 Å². The van der Waals surface area contributed by atoms with Gasteiger partial charge in [-0.3, -0.25) is 4.79 Å². The van der Waals surface area contributed by atoms with Gasteiger partial charge in [-0.2, -0.15) is 0 Å². The highest BCUT2D eigenvalue weighted by atomic mass is 16.5. The van der Waals surface area contributed by atoms with Crippen LogP contribution in [0.15, 0.2) is 67.1 Å². The second-order valence-electron chi connectivity index (χ2n) is 5.70. The van der Waals surface area contributed by atoms with Gasteiger partial charge in [0.15, 0.2) is 11.5 Å². The summed E-state index contributed by atoms with van der Waals surface area (Å²) in [6, 6.07) is 14.7. The number of rotatable bonds is 7. The number of amides is 1. The molecule has 0 bridgehead atoms. The zero-order chi connectivity index (χ0) is 18.4. The number of pyridine rings is 1. The van der Waals surface area contributed by atoms with E-state index in [1.807, 2.05) is 53.4 Å². The minimum Gasteiger partial charge on any atom is -0.493 e. The van der Waals surface area contributed by atoms with Crippen LogP contribution in [0, 0.1) is 0 Å². The fraction of sp³-hybridized carbons (Fsp3) is 0.200. The molecule has 6 nitrogen and oxygen atoms in total. The summed E-state index contributed by atoms with van der Waals surface area (Å²) in [5, 5.41) is 2.83. The van der Waals surface area contributed by atoms with Crippen LogP contribution < -0.4 is 14.8 Å². The van der Waals surface area contributed by atoms with Crippen molar-refractivity contribution in [3.05, 3.63) is 72.7 Å². The number of anilines is 1. The lowest BCUT2D eigenvalue weighted by Gasteiger charge is -2.22. The molecule has 0 spiro atoms. The number of carbonyl (C=O) groups excluding carboxylic acids is 1. The summed E-state index contributed by atoms with van der Waals surface area (Å²) in [7, 11) is 3.20. The van der Waals surface area contributed by atoms with Gasteiger partial charge in [-0.05, 0) is 30.3 Å². The Bertz CT molecular complexity index is 848. The normalized spacial score (nSPS) is 11.6. The average Bonchev–Trinajstić information content (AvgIpc) is 3.20. The van der Waals surface area contributed by atoms with Gasteiger partial charge in [0.1, 0.15) is 5.82 Å². The van der Waals surface area contributed by atoms with Gasteiger partial charge in [0.25, 0.3) is 0 Å². The van der Waals surface area contributed by atoms with Gasteiger partial charge in [-0.25, -0.2) is 4.98 Å². The standard InChI is InChI=1S/C20H21N3O3/c1-25-17-9-7-8-15(20(17)26-2)16(23-12-5-6-13-23)14-19(24)22-18-10-3-4-11-21-18/h3-13,16H,14H2,1-2H3,(H,21,22,24). The molecule has 0 aliphatic carbocycles. The Morgan fingerprint density at radius 3 is 2.54 bits per heavy atom. The van der Waals surface area contributed by atoms with Crippen molar-refractivity contribution in [1.82, 2.24) is 9.55 Å². The molecule has 1 N–H and O–H groups in total. The monoisotopic (exact) mass is 351 g/mol. The topological polar surface area (TPSA) is 65.4 Å². The first-order valence-corrected chi connectivity index (χ1v) is 8.27. The molecule has 3 aromatic rings. The lowest BCUT2D eigenvalue weighted by molar-refractivity contribution is -0.116. The van der Waals surface area contributed by atoms with E-state index in [4.69, 9.17) is 9.47 Å². The smallest absolute Gasteiger partial charge is 0.227 e. The molecular weight excluding hydrogens is 330 g/mol. The van der Waals surface area contributed by atoms with Gasteiger partial charge in [0, 0.05) is 24.2 Å². The van der Waals surface area contributed by atoms with E-state index in [-0.39, 0.29) is 18.4 Å². The maximum absolute atomic E-state index is 12.6. The lowest BCUT2D eigenvalue weighted by Crippen LogP contribution is -2.20. The molecule has 0 aliphatic rings. The van der Waals surface area contributed by atoms with E-state index >= 15 is 0 Å². The minimum absolute atomic E-state index is 0.132. The van der Waals surface area contributed by atoms with E-state index in [2.05, 4.69) is 10.3 Å². The predicted molar refractivity (Wildman–Crippen MR) is 99.6 cm³/mol. The Balaban J connectivity index is 1.91. The number of benzene rings is 1. The second kappa shape index (κ2) is 8.20. The number of hydrogen-bond acceptors (Lipinski definition) is 4. The summed E-state index contributed by atoms with van der Waals surface area (Å²) in [6.07, 6.45) is 5.73. The summed E-state index contributed by atoms with van der Waals surface area (Å²) in [6.45, 7) is 0. The number of ether oxygens (including phenoxy) is 2. The number of para-hydroxylation sites is 1. The molecule has 0 fully saturated rings. The van der Waals surface area contributed by atoms with Crippen molar-refractivity contribution in [2.75, 3.05) is 19.5 Å². The van der Waals surface area contributed by atoms with Gasteiger partial charge in [0.05, 0.1) is 26.7 Å². The van der Waals surface area contributed by atoms with Crippen LogP contribution in [0.3, 0.4) is 0 Å². The van der Waals surface area contributed by atoms with E-state index in [0.717, 1.165) is 5.56 Å². The molecule has 1 unspecified atom stereocenters. The first-order valence-electron chi connectivity index (χ1n) is 8.27. The highest BCUT2D eigenvalue weighted by Crippen LogP contribution is 2.37. The Morgan fingerprint density at radius 1 is 1.08 bits per heavy atom. The fourth-order valence-electron chi connectivity index (χ4n) is 2.91. The van der Waals surface area contributed by atoms with Crippen molar-refractivity contribution in [3.63, 3.8) is 0 Å². The SMILES string of the molecule is COc1cccc(C(CC(=O)Nc2ccccn2)n2cccc2)c1OC. The third-order valence-electron chi connectivity index (χ3n) is 4.09. The van der Waals surface area contributed by atoms with Crippen LogP contribution in [0.5, 0.6) is 11.5 Å². The summed E-state index contributed by atoms with van der Waals surface area (Å²) < 4.78 is 12.9. The van der Waals surface area contributed by atoms with Crippen molar-refractivity contribution < 1.29 is 14.3 Å². The largest absolute Gasteiger partial charge is 0.493 e. The molecule has 1 atom stereocenters. The Labute approximate surface area is 152 Å². The quantitative estimate of drug-likeness (QED) is 0.707. The minimum atomic E-state index is -0.237. The molecule has 0 radical (unpaired) electrons. The summed E-state index contributed by atoms with van der Waals surface area (Å²) in [5.41, 5.74) is 0.874. The zero-order valence-electron chi connectivity index (χ0n) is 14.8. The van der Waals surface area contributed by atoms with Gasteiger partial charge in [-0.15, -0.1) is 0 Å². The average molecular weight is 351 g/mol. The molecule has 3 rings (SSSR count). The van der Waals surface area contributed by atoms with Gasteiger partial charge in [0.2, 0.25) is 5.91 Å². The highest BCUT2D eigenvalue weighted by molar-refractivity contribution is 5.90. The molecule has 0 saturated heterocycles. The predicted octanol–water partition coefficient (Wildman–Crippen LogP) is 3.52. The molecule has 0 aliphatic heterocycles. The first-order chi connectivity index (χ1) is 12.7. The van der Waals surface area contributed by atoms with Crippen LogP contribution in [0.4, 0.5) is 5.82 Å². The van der Waals surface area contributed by atoms with Gasteiger partial charge >= 0.3 is 0 Å². The van der Waals surface area contributed by atoms with Gasteiger partial charge < -0.3 is 19.4 Å². The summed E-state index contributed by atoms with van der Waals surface area (Å²) >= 11 is 0. The number of methoxy groups -OCH3 is 2. The maximum Gasteiger partial charge on any atom is 0.227 e. The van der Waals surface area contributed by atoms with Crippen LogP contribution >= 0.6 is 0 Å². The first kappa shape index (κ1) is 17.5. The van der Waals surface area contributed by atoms with Crippen LogP contribution in [0.25, 0.3) is 0 Å². The Kier molecular flexibility index (Phi) is 5.53. The van der Waals surface area contributed by atoms with Crippen LogP contribution in [0.2, 0.25) is 0 Å². The number of aromatic nitrogens is 2. The molecule has 6 heteroatoms. The number of carbonyl (C=O) groups is 1. The third kappa shape index (κ3) is 3.85. The van der Waals surface area contributed by atoms with E-state index in [1.54, 1.807) is 32.5 Å². The molecule has 0 saturated carbocycles. The zero-order valence-corrected chi connectivity index (χ0v) is 14.8. The fourth-order valence-corrected chi connectivity index (χ4v) is 2.91. The van der Waals surface area contributed by atoms with Crippen molar-refractivity contribution in [1.29, 1.82) is 0 Å². The molecule has 134 valence electrons. The van der Waals surface area contributed by atoms with Gasteiger partial charge in [-0.1, -0.05) is 18.2 Å². The van der Waals surface area contributed by atoms with Crippen LogP contribution in [-0.2, 0) is 4.79 Å². The van der Waals surface area contributed by atoms with Crippen molar-refractivity contribution in [2.45, 2.75) is 12.5 Å². The Hall–Kier alpha value is -3.28. The van der Waals surface area contributed by atoms with Crippen LogP contribution in [0.1, 0.15) is 18.0 Å². The second-order valence-corrected chi connectivity index (χ2v) is 5.70.